The molecule has 2 aromatic rings. The molecule has 0 saturated heterocycles. The highest BCUT2D eigenvalue weighted by molar-refractivity contribution is 9.10. The van der Waals surface area contributed by atoms with Crippen LogP contribution in [0.2, 0.25) is 0 Å². The van der Waals surface area contributed by atoms with E-state index in [0.717, 1.165) is 4.90 Å². The lowest BCUT2D eigenvalue weighted by Gasteiger charge is -2.23. The molecule has 0 fully saturated rings. The first-order valence-corrected chi connectivity index (χ1v) is 11.1. The zero-order chi connectivity index (χ0) is 19.3. The van der Waals surface area contributed by atoms with E-state index in [1.165, 1.54) is 19.2 Å². The first-order chi connectivity index (χ1) is 12.3. The summed E-state index contributed by atoms with van der Waals surface area (Å²) in [7, 11) is -2.66. The number of aliphatic hydroxyl groups is 2. The summed E-state index contributed by atoms with van der Waals surface area (Å²) in [5.41, 5.74) is 0.505. The number of benzene rings is 2. The number of nitrogens with one attached hydrogen (secondary N) is 1. The number of thioether (sulfide) groups is 1. The van der Waals surface area contributed by atoms with E-state index in [2.05, 4.69) is 20.7 Å². The summed E-state index contributed by atoms with van der Waals surface area (Å²) in [5.74, 6) is 0.163. The second kappa shape index (κ2) is 9.20. The van der Waals surface area contributed by atoms with Crippen molar-refractivity contribution in [1.82, 2.24) is 4.72 Å². The van der Waals surface area contributed by atoms with E-state index in [4.69, 9.17) is 4.74 Å². The van der Waals surface area contributed by atoms with Gasteiger partial charge in [-0.2, -0.15) is 0 Å². The molecule has 9 heteroatoms. The van der Waals surface area contributed by atoms with Crippen molar-refractivity contribution >= 4 is 37.7 Å². The van der Waals surface area contributed by atoms with Gasteiger partial charge in [-0.1, -0.05) is 28.1 Å². The SMILES string of the molecule is COc1ccc(Br)cc1S(=O)(=O)NC(CO)C(O)c1ccc(SC)cc1. The second-order valence-electron chi connectivity index (χ2n) is 5.42. The van der Waals surface area contributed by atoms with E-state index in [1.807, 2.05) is 18.4 Å². The molecule has 3 N–H and O–H groups in total. The van der Waals surface area contributed by atoms with Crippen LogP contribution in [0.5, 0.6) is 5.75 Å². The number of halogens is 1. The third-order valence-corrected chi connectivity index (χ3v) is 6.50. The average molecular weight is 462 g/mol. The number of sulfonamides is 1. The molecule has 0 amide bonds. The molecule has 2 rings (SSSR count). The van der Waals surface area contributed by atoms with Crippen LogP contribution in [0.3, 0.4) is 0 Å². The van der Waals surface area contributed by atoms with Gasteiger partial charge >= 0.3 is 0 Å². The maximum absolute atomic E-state index is 12.7. The first-order valence-electron chi connectivity index (χ1n) is 7.61. The van der Waals surface area contributed by atoms with Gasteiger partial charge in [-0.25, -0.2) is 13.1 Å². The number of rotatable bonds is 8. The van der Waals surface area contributed by atoms with Crippen molar-refractivity contribution in [2.24, 2.45) is 0 Å². The van der Waals surface area contributed by atoms with Crippen molar-refractivity contribution in [2.45, 2.75) is 21.9 Å². The Morgan fingerprint density at radius 2 is 1.88 bits per heavy atom. The quantitative estimate of drug-likeness (QED) is 0.522. The summed E-state index contributed by atoms with van der Waals surface area (Å²) in [4.78, 5) is 0.929. The molecule has 0 radical (unpaired) electrons. The number of aliphatic hydroxyl groups excluding tert-OH is 2. The van der Waals surface area contributed by atoms with Crippen molar-refractivity contribution < 1.29 is 23.4 Å². The standard InChI is InChI=1S/C17H20BrNO5S2/c1-24-15-8-5-12(18)9-16(15)26(22,23)19-14(10-20)17(21)11-3-6-13(25-2)7-4-11/h3-9,14,17,19-21H,10H2,1-2H3. The Kier molecular flexibility index (Phi) is 7.51. The van der Waals surface area contributed by atoms with Gasteiger partial charge in [0.05, 0.1) is 25.9 Å². The summed E-state index contributed by atoms with van der Waals surface area (Å²) < 4.78 is 33.5. The predicted molar refractivity (Wildman–Crippen MR) is 105 cm³/mol. The third kappa shape index (κ3) is 4.99. The summed E-state index contributed by atoms with van der Waals surface area (Å²) in [6.45, 7) is -0.568. The third-order valence-electron chi connectivity index (χ3n) is 3.76. The number of hydrogen-bond acceptors (Lipinski definition) is 6. The molecule has 2 atom stereocenters. The molecule has 2 unspecified atom stereocenters. The van der Waals surface area contributed by atoms with E-state index < -0.39 is 28.8 Å². The topological polar surface area (TPSA) is 95.9 Å². The predicted octanol–water partition coefficient (Wildman–Crippen LogP) is 2.55. The van der Waals surface area contributed by atoms with Crippen LogP contribution in [-0.4, -0.2) is 44.6 Å². The second-order valence-corrected chi connectivity index (χ2v) is 8.90. The van der Waals surface area contributed by atoms with E-state index >= 15 is 0 Å². The lowest BCUT2D eigenvalue weighted by Crippen LogP contribution is -2.42. The Labute approximate surface area is 165 Å². The highest BCUT2D eigenvalue weighted by Gasteiger charge is 2.28. The minimum Gasteiger partial charge on any atom is -0.495 e. The van der Waals surface area contributed by atoms with Crippen LogP contribution < -0.4 is 9.46 Å². The monoisotopic (exact) mass is 461 g/mol. The van der Waals surface area contributed by atoms with Crippen LogP contribution >= 0.6 is 27.7 Å². The number of ether oxygens (including phenoxy) is 1. The minimum atomic E-state index is -4.03. The Morgan fingerprint density at radius 1 is 1.23 bits per heavy atom. The molecule has 0 aliphatic carbocycles. The first kappa shape index (κ1) is 21.2. The van der Waals surface area contributed by atoms with Gasteiger partial charge in [-0.05, 0) is 42.2 Å². The van der Waals surface area contributed by atoms with Crippen LogP contribution in [0.1, 0.15) is 11.7 Å². The molecule has 0 bridgehead atoms. The molecule has 26 heavy (non-hydrogen) atoms. The van der Waals surface area contributed by atoms with E-state index in [9.17, 15) is 18.6 Å². The van der Waals surface area contributed by atoms with Crippen molar-refractivity contribution in [3.05, 3.63) is 52.5 Å². The maximum Gasteiger partial charge on any atom is 0.244 e. The molecule has 2 aromatic carbocycles. The van der Waals surface area contributed by atoms with Crippen LogP contribution in [0.4, 0.5) is 0 Å². The molecule has 6 nitrogen and oxygen atoms in total. The van der Waals surface area contributed by atoms with Crippen LogP contribution in [0.25, 0.3) is 0 Å². The van der Waals surface area contributed by atoms with E-state index in [-0.39, 0.29) is 10.6 Å². The molecule has 142 valence electrons. The van der Waals surface area contributed by atoms with Crippen molar-refractivity contribution in [3.8, 4) is 5.75 Å². The summed E-state index contributed by atoms with van der Waals surface area (Å²) in [5, 5.41) is 20.1. The molecule has 0 heterocycles. The number of methoxy groups -OCH3 is 1. The fourth-order valence-corrected chi connectivity index (χ4v) is 4.71. The van der Waals surface area contributed by atoms with Crippen LogP contribution in [-0.2, 0) is 10.0 Å². The Bertz CT molecular complexity index is 843. The van der Waals surface area contributed by atoms with E-state index in [0.29, 0.717) is 10.0 Å². The van der Waals surface area contributed by atoms with E-state index in [1.54, 1.807) is 30.0 Å². The molecule has 0 spiro atoms. The molecular formula is C17H20BrNO5S2. The average Bonchev–Trinajstić information content (AvgIpc) is 2.65. The van der Waals surface area contributed by atoms with Crippen molar-refractivity contribution in [2.75, 3.05) is 20.0 Å². The minimum absolute atomic E-state index is 0.0854. The lowest BCUT2D eigenvalue weighted by atomic mass is 10.0. The zero-order valence-corrected chi connectivity index (χ0v) is 17.4. The van der Waals surface area contributed by atoms with Gasteiger partial charge in [0.15, 0.2) is 0 Å². The van der Waals surface area contributed by atoms with Crippen molar-refractivity contribution in [3.63, 3.8) is 0 Å². The molecular weight excluding hydrogens is 442 g/mol. The van der Waals surface area contributed by atoms with Gasteiger partial charge in [0.25, 0.3) is 0 Å². The highest BCUT2D eigenvalue weighted by Crippen LogP contribution is 2.28. The smallest absolute Gasteiger partial charge is 0.244 e. The molecule has 0 aliphatic heterocycles. The fourth-order valence-electron chi connectivity index (χ4n) is 2.36. The molecule has 0 aromatic heterocycles. The Balaban J connectivity index is 2.29. The van der Waals surface area contributed by atoms with Gasteiger partial charge in [0.1, 0.15) is 10.6 Å². The van der Waals surface area contributed by atoms with Gasteiger partial charge in [0.2, 0.25) is 10.0 Å². The van der Waals surface area contributed by atoms with Crippen LogP contribution in [0, 0.1) is 0 Å². The van der Waals surface area contributed by atoms with Crippen LogP contribution in [0.15, 0.2) is 56.7 Å². The fraction of sp³-hybridized carbons (Fsp3) is 0.294. The Morgan fingerprint density at radius 3 is 2.42 bits per heavy atom. The highest BCUT2D eigenvalue weighted by atomic mass is 79.9. The van der Waals surface area contributed by atoms with Crippen molar-refractivity contribution in [1.29, 1.82) is 0 Å². The molecule has 0 aliphatic rings. The summed E-state index contributed by atoms with van der Waals surface area (Å²) >= 11 is 4.79. The zero-order valence-electron chi connectivity index (χ0n) is 14.2. The summed E-state index contributed by atoms with van der Waals surface area (Å²) in [6, 6.07) is 10.5. The largest absolute Gasteiger partial charge is 0.495 e. The Hall–Kier alpha value is -1.10. The van der Waals surface area contributed by atoms with Gasteiger partial charge in [-0.3, -0.25) is 0 Å². The van der Waals surface area contributed by atoms with Gasteiger partial charge < -0.3 is 14.9 Å². The normalized spacial score (nSPS) is 14.0. The van der Waals surface area contributed by atoms with Gasteiger partial charge in [0, 0.05) is 9.37 Å². The van der Waals surface area contributed by atoms with Gasteiger partial charge in [-0.15, -0.1) is 11.8 Å². The summed E-state index contributed by atoms with van der Waals surface area (Å²) in [6.07, 6.45) is 0.727. The molecule has 0 saturated carbocycles. The lowest BCUT2D eigenvalue weighted by molar-refractivity contribution is 0.101. The number of hydrogen-bond donors (Lipinski definition) is 3. The maximum atomic E-state index is 12.7.